The van der Waals surface area contributed by atoms with Gasteiger partial charge in [-0.15, -0.1) is 10.2 Å². The van der Waals surface area contributed by atoms with Gasteiger partial charge in [-0.1, -0.05) is 64.9 Å². The number of halogens is 1. The third kappa shape index (κ3) is 5.73. The molecule has 2 N–H and O–H groups in total. The number of aromatic hydroxyl groups is 1. The molecule has 0 fully saturated rings. The number of phenolic OH excluding ortho intramolecular Hbond substituents is 1. The molecular weight excluding hydrogens is 514 g/mol. The Bertz CT molecular complexity index is 1290. The normalized spacial score (nSPS) is 11.4. The van der Waals surface area contributed by atoms with Crippen molar-refractivity contribution < 1.29 is 9.90 Å². The van der Waals surface area contributed by atoms with Gasteiger partial charge in [0, 0.05) is 15.7 Å². The number of carbonyl (C=O) groups is 1. The van der Waals surface area contributed by atoms with Crippen molar-refractivity contribution in [2.75, 3.05) is 5.75 Å². The van der Waals surface area contributed by atoms with E-state index in [1.54, 1.807) is 24.3 Å². The molecular formula is C25H22BrN5O2S. The van der Waals surface area contributed by atoms with Crippen LogP contribution < -0.4 is 5.43 Å². The average Bonchev–Trinajstić information content (AvgIpc) is 3.29. The number of hydrazone groups is 1. The van der Waals surface area contributed by atoms with Gasteiger partial charge in [0.25, 0.3) is 5.91 Å². The molecule has 9 heteroatoms. The molecule has 0 bridgehead atoms. The molecule has 0 aliphatic heterocycles. The van der Waals surface area contributed by atoms with Crippen LogP contribution in [-0.4, -0.2) is 37.2 Å². The van der Waals surface area contributed by atoms with Crippen molar-refractivity contribution >= 4 is 39.3 Å². The Kier molecular flexibility index (Phi) is 7.76. The number of hydrogen-bond donors (Lipinski definition) is 2. The molecule has 7 nitrogen and oxygen atoms in total. The number of phenols is 1. The van der Waals surface area contributed by atoms with E-state index in [9.17, 15) is 9.90 Å². The van der Waals surface area contributed by atoms with Gasteiger partial charge in [0.05, 0.1) is 11.5 Å². The first-order chi connectivity index (χ1) is 16.5. The van der Waals surface area contributed by atoms with Crippen LogP contribution in [0.25, 0.3) is 17.1 Å². The van der Waals surface area contributed by atoms with Crippen molar-refractivity contribution in [2.45, 2.75) is 18.5 Å². The van der Waals surface area contributed by atoms with Crippen LogP contribution in [0.5, 0.6) is 5.75 Å². The van der Waals surface area contributed by atoms with E-state index in [1.807, 2.05) is 66.1 Å². The fourth-order valence-corrected chi connectivity index (χ4v) is 4.26. The number of para-hydroxylation sites is 1. The second kappa shape index (κ2) is 11.1. The molecule has 0 aliphatic rings. The number of thioether (sulfide) groups is 1. The molecule has 0 spiro atoms. The van der Waals surface area contributed by atoms with Crippen LogP contribution in [0.15, 0.2) is 93.6 Å². The maximum absolute atomic E-state index is 12.5. The number of benzene rings is 3. The highest BCUT2D eigenvalue weighted by Gasteiger charge is 2.17. The third-order valence-electron chi connectivity index (χ3n) is 4.93. The van der Waals surface area contributed by atoms with Crippen LogP contribution in [0.3, 0.4) is 0 Å². The predicted molar refractivity (Wildman–Crippen MR) is 138 cm³/mol. The molecule has 1 amide bonds. The minimum atomic E-state index is -0.248. The van der Waals surface area contributed by atoms with E-state index < -0.39 is 0 Å². The van der Waals surface area contributed by atoms with Crippen molar-refractivity contribution in [1.82, 2.24) is 20.2 Å². The molecule has 1 aromatic heterocycles. The topological polar surface area (TPSA) is 92.4 Å². The highest BCUT2D eigenvalue weighted by atomic mass is 79.9. The largest absolute Gasteiger partial charge is 0.508 e. The predicted octanol–water partition coefficient (Wildman–Crippen LogP) is 5.43. The monoisotopic (exact) mass is 535 g/mol. The minimum Gasteiger partial charge on any atom is -0.508 e. The number of nitrogens with zero attached hydrogens (tertiary/aromatic N) is 4. The van der Waals surface area contributed by atoms with Crippen molar-refractivity contribution in [1.29, 1.82) is 0 Å². The molecule has 0 aliphatic carbocycles. The summed E-state index contributed by atoms with van der Waals surface area (Å²) >= 11 is 4.75. The Morgan fingerprint density at radius 1 is 1.03 bits per heavy atom. The summed E-state index contributed by atoms with van der Waals surface area (Å²) in [5.74, 6) is 0.758. The maximum atomic E-state index is 12.5. The van der Waals surface area contributed by atoms with E-state index in [4.69, 9.17) is 0 Å². The van der Waals surface area contributed by atoms with Crippen molar-refractivity contribution in [3.8, 4) is 22.8 Å². The Hall–Kier alpha value is -3.43. The standard InChI is InChI=1S/C25H22BrN5O2S/c1-2-22(17-10-14-21(32)15-11-17)27-28-23(33)16-34-25-30-29-24(18-8-12-19(26)13-9-18)31(25)20-6-4-3-5-7-20/h3-15,32H,2,16H2,1H3,(H,28,33)/b27-22-. The molecule has 172 valence electrons. The van der Waals surface area contributed by atoms with Gasteiger partial charge in [0.1, 0.15) is 5.75 Å². The van der Waals surface area contributed by atoms with Gasteiger partial charge in [-0.2, -0.15) is 5.10 Å². The van der Waals surface area contributed by atoms with Gasteiger partial charge in [0.2, 0.25) is 0 Å². The zero-order valence-electron chi connectivity index (χ0n) is 18.4. The summed E-state index contributed by atoms with van der Waals surface area (Å²) in [6, 6.07) is 24.4. The van der Waals surface area contributed by atoms with E-state index in [1.165, 1.54) is 11.8 Å². The summed E-state index contributed by atoms with van der Waals surface area (Å²) < 4.78 is 2.92. The Balaban J connectivity index is 1.52. The van der Waals surface area contributed by atoms with E-state index in [0.29, 0.717) is 17.4 Å². The minimum absolute atomic E-state index is 0.126. The van der Waals surface area contributed by atoms with Gasteiger partial charge < -0.3 is 5.11 Å². The number of rotatable bonds is 8. The fraction of sp³-hybridized carbons (Fsp3) is 0.120. The Labute approximate surface area is 210 Å². The maximum Gasteiger partial charge on any atom is 0.250 e. The first-order valence-corrected chi connectivity index (χ1v) is 12.4. The summed E-state index contributed by atoms with van der Waals surface area (Å²) in [6.45, 7) is 1.96. The zero-order valence-corrected chi connectivity index (χ0v) is 20.8. The molecule has 4 aromatic rings. The number of nitrogens with one attached hydrogen (secondary N) is 1. The highest BCUT2D eigenvalue weighted by molar-refractivity contribution is 9.10. The first-order valence-electron chi connectivity index (χ1n) is 10.6. The number of aromatic nitrogens is 3. The summed E-state index contributed by atoms with van der Waals surface area (Å²) in [5, 5.41) is 23.1. The van der Waals surface area contributed by atoms with Gasteiger partial charge in [-0.25, -0.2) is 5.43 Å². The van der Waals surface area contributed by atoms with Gasteiger partial charge >= 0.3 is 0 Å². The van der Waals surface area contributed by atoms with Gasteiger partial charge in [-0.3, -0.25) is 9.36 Å². The number of hydrogen-bond acceptors (Lipinski definition) is 6. The summed E-state index contributed by atoms with van der Waals surface area (Å²) in [6.07, 6.45) is 0.636. The molecule has 0 saturated carbocycles. The van der Waals surface area contributed by atoms with Crippen LogP contribution in [0, 0.1) is 0 Å². The SMILES string of the molecule is CC/C(=N/NC(=O)CSc1nnc(-c2ccc(Br)cc2)n1-c1ccccc1)c1ccc(O)cc1. The zero-order chi connectivity index (χ0) is 23.9. The van der Waals surface area contributed by atoms with Gasteiger partial charge in [-0.05, 0) is 60.5 Å². The Morgan fingerprint density at radius 3 is 2.41 bits per heavy atom. The first kappa shape index (κ1) is 23.7. The Morgan fingerprint density at radius 2 is 1.74 bits per heavy atom. The average molecular weight is 536 g/mol. The van der Waals surface area contributed by atoms with E-state index >= 15 is 0 Å². The molecule has 0 unspecified atom stereocenters. The van der Waals surface area contributed by atoms with E-state index in [-0.39, 0.29) is 17.4 Å². The van der Waals surface area contributed by atoms with E-state index in [2.05, 4.69) is 36.7 Å². The lowest BCUT2D eigenvalue weighted by Crippen LogP contribution is -2.22. The fourth-order valence-electron chi connectivity index (χ4n) is 3.25. The summed E-state index contributed by atoms with van der Waals surface area (Å²) in [4.78, 5) is 12.5. The summed E-state index contributed by atoms with van der Waals surface area (Å²) in [7, 11) is 0. The molecule has 4 rings (SSSR count). The van der Waals surface area contributed by atoms with Crippen molar-refractivity contribution in [3.05, 3.63) is 88.9 Å². The molecule has 1 heterocycles. The summed E-state index contributed by atoms with van der Waals surface area (Å²) in [5.41, 5.74) is 6.02. The number of carbonyl (C=O) groups excluding carboxylic acids is 1. The lowest BCUT2D eigenvalue weighted by Gasteiger charge is -2.10. The van der Waals surface area contributed by atoms with Gasteiger partial charge in [0.15, 0.2) is 11.0 Å². The molecule has 34 heavy (non-hydrogen) atoms. The molecule has 0 saturated heterocycles. The lowest BCUT2D eigenvalue weighted by molar-refractivity contribution is -0.118. The van der Waals surface area contributed by atoms with Crippen LogP contribution in [0.4, 0.5) is 0 Å². The van der Waals surface area contributed by atoms with Crippen molar-refractivity contribution in [3.63, 3.8) is 0 Å². The molecule has 3 aromatic carbocycles. The lowest BCUT2D eigenvalue weighted by atomic mass is 10.1. The highest BCUT2D eigenvalue weighted by Crippen LogP contribution is 2.28. The van der Waals surface area contributed by atoms with Crippen LogP contribution in [0.1, 0.15) is 18.9 Å². The second-order valence-corrected chi connectivity index (χ2v) is 9.12. The van der Waals surface area contributed by atoms with Crippen LogP contribution in [0.2, 0.25) is 0 Å². The smallest absolute Gasteiger partial charge is 0.250 e. The third-order valence-corrected chi connectivity index (χ3v) is 6.39. The quantitative estimate of drug-likeness (QED) is 0.178. The number of amides is 1. The second-order valence-electron chi connectivity index (χ2n) is 7.27. The molecule has 0 radical (unpaired) electrons. The van der Waals surface area contributed by atoms with Crippen LogP contribution >= 0.6 is 27.7 Å². The van der Waals surface area contributed by atoms with E-state index in [0.717, 1.165) is 27.0 Å². The molecule has 0 atom stereocenters. The van der Waals surface area contributed by atoms with Crippen LogP contribution in [-0.2, 0) is 4.79 Å². The van der Waals surface area contributed by atoms with Crippen molar-refractivity contribution in [2.24, 2.45) is 5.10 Å².